The van der Waals surface area contributed by atoms with Crippen LogP contribution in [0, 0.1) is 0 Å². The van der Waals surface area contributed by atoms with Gasteiger partial charge in [-0.3, -0.25) is 4.98 Å². The largest absolute Gasteiger partial charge is 0.392 e. The predicted molar refractivity (Wildman–Crippen MR) is 128 cm³/mol. The van der Waals surface area contributed by atoms with Gasteiger partial charge in [0.15, 0.2) is 6.29 Å². The van der Waals surface area contributed by atoms with Crippen LogP contribution in [0.1, 0.15) is 46.8 Å². The maximum atomic E-state index is 9.38. The van der Waals surface area contributed by atoms with Crippen molar-refractivity contribution in [2.75, 3.05) is 20.1 Å². The van der Waals surface area contributed by atoms with Gasteiger partial charge in [-0.1, -0.05) is 54.6 Å². The smallest absolute Gasteiger partial charge is 0.184 e. The number of nitrogens with zero attached hydrogens (tertiary/aromatic N) is 2. The average molecular weight is 448 g/mol. The zero-order valence-electron chi connectivity index (χ0n) is 19.1. The summed E-state index contributed by atoms with van der Waals surface area (Å²) in [6.07, 6.45) is 3.00. The van der Waals surface area contributed by atoms with Crippen molar-refractivity contribution >= 4 is 0 Å². The lowest BCUT2D eigenvalue weighted by Crippen LogP contribution is -2.38. The maximum absolute atomic E-state index is 9.38. The average Bonchev–Trinajstić information content (AvgIpc) is 2.88. The molecule has 3 atom stereocenters. The van der Waals surface area contributed by atoms with Gasteiger partial charge in [0, 0.05) is 49.9 Å². The second-order valence-electron chi connectivity index (χ2n) is 8.63. The summed E-state index contributed by atoms with van der Waals surface area (Å²) in [7, 11) is 2.12. The predicted octanol–water partition coefficient (Wildman–Crippen LogP) is 3.75. The third kappa shape index (κ3) is 6.47. The molecule has 0 radical (unpaired) electrons. The number of aromatic nitrogens is 1. The quantitative estimate of drug-likeness (QED) is 0.520. The van der Waals surface area contributed by atoms with Crippen LogP contribution in [0.3, 0.4) is 0 Å². The number of hydrogen-bond donors (Lipinski definition) is 2. The van der Waals surface area contributed by atoms with Gasteiger partial charge in [-0.15, -0.1) is 0 Å². The summed E-state index contributed by atoms with van der Waals surface area (Å²) in [4.78, 5) is 6.72. The van der Waals surface area contributed by atoms with E-state index in [1.165, 1.54) is 0 Å². The summed E-state index contributed by atoms with van der Waals surface area (Å²) in [5.41, 5.74) is 10.9. The highest BCUT2D eigenvalue weighted by atomic mass is 16.7. The van der Waals surface area contributed by atoms with Crippen LogP contribution in [-0.2, 0) is 29.0 Å². The molecule has 3 aromatic rings. The summed E-state index contributed by atoms with van der Waals surface area (Å²) in [6.45, 7) is 2.26. The molecule has 0 bridgehead atoms. The van der Waals surface area contributed by atoms with Crippen molar-refractivity contribution in [1.29, 1.82) is 0 Å². The van der Waals surface area contributed by atoms with E-state index >= 15 is 0 Å². The van der Waals surface area contributed by atoms with Crippen molar-refractivity contribution in [3.05, 3.63) is 101 Å². The highest BCUT2D eigenvalue weighted by molar-refractivity contribution is 5.26. The summed E-state index contributed by atoms with van der Waals surface area (Å²) < 4.78 is 12.8. The van der Waals surface area contributed by atoms with Crippen molar-refractivity contribution in [3.8, 4) is 0 Å². The maximum Gasteiger partial charge on any atom is 0.184 e. The molecule has 0 unspecified atom stereocenters. The Hall–Kier alpha value is -2.61. The number of aliphatic hydroxyl groups excluding tert-OH is 1. The highest BCUT2D eigenvalue weighted by Gasteiger charge is 2.32. The monoisotopic (exact) mass is 447 g/mol. The van der Waals surface area contributed by atoms with Crippen LogP contribution in [0.2, 0.25) is 0 Å². The summed E-state index contributed by atoms with van der Waals surface area (Å²) in [5, 5.41) is 9.38. The molecule has 0 aliphatic carbocycles. The Kier molecular flexibility index (Phi) is 8.20. The molecule has 6 heteroatoms. The van der Waals surface area contributed by atoms with Crippen molar-refractivity contribution in [2.24, 2.45) is 5.73 Å². The number of rotatable bonds is 9. The molecule has 1 aromatic heterocycles. The molecule has 6 nitrogen and oxygen atoms in total. The van der Waals surface area contributed by atoms with Gasteiger partial charge in [0.25, 0.3) is 0 Å². The Labute approximate surface area is 196 Å². The van der Waals surface area contributed by atoms with Crippen LogP contribution in [0.15, 0.2) is 72.9 Å². The van der Waals surface area contributed by atoms with E-state index in [0.29, 0.717) is 6.54 Å². The van der Waals surface area contributed by atoms with E-state index in [2.05, 4.69) is 23.0 Å². The fourth-order valence-electron chi connectivity index (χ4n) is 4.13. The van der Waals surface area contributed by atoms with Gasteiger partial charge in [0.1, 0.15) is 0 Å². The van der Waals surface area contributed by atoms with Crippen LogP contribution >= 0.6 is 0 Å². The van der Waals surface area contributed by atoms with E-state index < -0.39 is 6.29 Å². The molecule has 2 aromatic carbocycles. The van der Waals surface area contributed by atoms with E-state index in [9.17, 15) is 5.11 Å². The van der Waals surface area contributed by atoms with Crippen LogP contribution in [0.5, 0.6) is 0 Å². The molecular weight excluding hydrogens is 414 g/mol. The van der Waals surface area contributed by atoms with E-state index in [1.807, 2.05) is 66.9 Å². The first kappa shape index (κ1) is 23.5. The zero-order chi connectivity index (χ0) is 23.0. The van der Waals surface area contributed by atoms with Crippen molar-refractivity contribution in [3.63, 3.8) is 0 Å². The second kappa shape index (κ2) is 11.5. The number of pyridine rings is 1. The SMILES string of the molecule is CN(CCc1ccccn1)C[C@H]1C[C@@H](c2ccc(CO)cc2)O[C@@H](c2ccc(CN)cc2)O1. The van der Waals surface area contributed by atoms with Gasteiger partial charge in [0.2, 0.25) is 0 Å². The van der Waals surface area contributed by atoms with Gasteiger partial charge >= 0.3 is 0 Å². The molecule has 3 N–H and O–H groups in total. The Morgan fingerprint density at radius 3 is 2.36 bits per heavy atom. The molecule has 1 fully saturated rings. The fraction of sp³-hybridized carbons (Fsp3) is 0.370. The minimum Gasteiger partial charge on any atom is -0.392 e. The lowest BCUT2D eigenvalue weighted by atomic mass is 9.99. The third-order valence-corrected chi connectivity index (χ3v) is 6.09. The topological polar surface area (TPSA) is 80.8 Å². The molecule has 0 spiro atoms. The van der Waals surface area contributed by atoms with Crippen LogP contribution < -0.4 is 5.73 Å². The first-order valence-corrected chi connectivity index (χ1v) is 11.5. The van der Waals surface area contributed by atoms with E-state index in [4.69, 9.17) is 15.2 Å². The van der Waals surface area contributed by atoms with Gasteiger partial charge in [-0.2, -0.15) is 0 Å². The molecule has 4 rings (SSSR count). The lowest BCUT2D eigenvalue weighted by Gasteiger charge is -2.38. The Balaban J connectivity index is 1.46. The molecule has 1 aliphatic heterocycles. The Morgan fingerprint density at radius 1 is 0.970 bits per heavy atom. The number of nitrogens with two attached hydrogens (primary N) is 1. The minimum atomic E-state index is -0.442. The number of ether oxygens (including phenoxy) is 2. The van der Waals surface area contributed by atoms with E-state index in [-0.39, 0.29) is 18.8 Å². The van der Waals surface area contributed by atoms with Crippen LogP contribution in [0.25, 0.3) is 0 Å². The summed E-state index contributed by atoms with van der Waals surface area (Å²) in [6, 6.07) is 22.1. The molecular formula is C27H33N3O3. The number of hydrogen-bond acceptors (Lipinski definition) is 6. The van der Waals surface area contributed by atoms with E-state index in [0.717, 1.165) is 53.9 Å². The molecule has 1 saturated heterocycles. The standard InChI is InChI=1S/C27H33N3O3/c1-30(15-13-24-4-2-3-14-29-24)18-25-16-26(22-9-7-21(19-31)8-10-22)33-27(32-25)23-11-5-20(17-28)6-12-23/h2-12,14,25-27,31H,13,15-19,28H2,1H3/t25-,26+,27+/m1/s1. The lowest BCUT2D eigenvalue weighted by molar-refractivity contribution is -0.252. The van der Waals surface area contributed by atoms with Crippen LogP contribution in [0.4, 0.5) is 0 Å². The first-order valence-electron chi connectivity index (χ1n) is 11.5. The normalized spacial score (nSPS) is 20.8. The van der Waals surface area contributed by atoms with Crippen molar-refractivity contribution in [2.45, 2.75) is 44.5 Å². The van der Waals surface area contributed by atoms with Crippen molar-refractivity contribution < 1.29 is 14.6 Å². The first-order chi connectivity index (χ1) is 16.1. The van der Waals surface area contributed by atoms with Gasteiger partial charge < -0.3 is 25.2 Å². The molecule has 2 heterocycles. The Bertz CT molecular complexity index is 924. The number of benzene rings is 2. The number of likely N-dealkylation sites (N-methyl/N-ethyl adjacent to an activating group) is 1. The fourth-order valence-corrected chi connectivity index (χ4v) is 4.13. The number of aliphatic hydroxyl groups is 1. The van der Waals surface area contributed by atoms with Gasteiger partial charge in [0.05, 0.1) is 18.8 Å². The third-order valence-electron chi connectivity index (χ3n) is 6.09. The molecule has 0 amide bonds. The summed E-state index contributed by atoms with van der Waals surface area (Å²) >= 11 is 0. The minimum absolute atomic E-state index is 0.0224. The molecule has 33 heavy (non-hydrogen) atoms. The van der Waals surface area contributed by atoms with Crippen molar-refractivity contribution in [1.82, 2.24) is 9.88 Å². The Morgan fingerprint density at radius 2 is 1.70 bits per heavy atom. The van der Waals surface area contributed by atoms with Crippen LogP contribution in [-0.4, -0.2) is 41.2 Å². The van der Waals surface area contributed by atoms with E-state index in [1.54, 1.807) is 0 Å². The summed E-state index contributed by atoms with van der Waals surface area (Å²) in [5.74, 6) is 0. The second-order valence-corrected chi connectivity index (χ2v) is 8.63. The van der Waals surface area contributed by atoms with Gasteiger partial charge in [-0.25, -0.2) is 0 Å². The highest BCUT2D eigenvalue weighted by Crippen LogP contribution is 2.38. The molecule has 1 aliphatic rings. The molecule has 174 valence electrons. The zero-order valence-corrected chi connectivity index (χ0v) is 19.1. The molecule has 0 saturated carbocycles. The van der Waals surface area contributed by atoms with Gasteiger partial charge in [-0.05, 0) is 35.9 Å².